The Balaban J connectivity index is 2.11. The average molecular weight is 218 g/mol. The minimum atomic E-state index is 0.159. The predicted molar refractivity (Wildman–Crippen MR) is 65.6 cm³/mol. The van der Waals surface area contributed by atoms with Gasteiger partial charge in [-0.3, -0.25) is 4.79 Å². The summed E-state index contributed by atoms with van der Waals surface area (Å²) < 4.78 is 0. The molecule has 0 saturated heterocycles. The summed E-state index contributed by atoms with van der Waals surface area (Å²) in [5.74, 6) is 0.590. The fourth-order valence-electron chi connectivity index (χ4n) is 2.27. The Morgan fingerprint density at radius 3 is 2.94 bits per heavy atom. The summed E-state index contributed by atoms with van der Waals surface area (Å²) in [5, 5.41) is 3.38. The smallest absolute Gasteiger partial charge is 0.219 e. The lowest BCUT2D eigenvalue weighted by Gasteiger charge is -2.22. The molecular formula is C13H18N2O. The number of para-hydroxylation sites is 1. The SMILES string of the molecule is CCN(CC1CNc2ccccc21)C(C)=O. The summed E-state index contributed by atoms with van der Waals surface area (Å²) in [6.45, 7) is 6.19. The van der Waals surface area contributed by atoms with Gasteiger partial charge in [0, 0.05) is 38.2 Å². The molecule has 3 heteroatoms. The number of rotatable bonds is 3. The maximum Gasteiger partial charge on any atom is 0.219 e. The highest BCUT2D eigenvalue weighted by Gasteiger charge is 2.24. The lowest BCUT2D eigenvalue weighted by Crippen LogP contribution is -2.33. The van der Waals surface area contributed by atoms with Crippen molar-refractivity contribution in [3.63, 3.8) is 0 Å². The summed E-state index contributed by atoms with van der Waals surface area (Å²) in [4.78, 5) is 13.3. The predicted octanol–water partition coefficient (Wildman–Crippen LogP) is 2.06. The van der Waals surface area contributed by atoms with Crippen molar-refractivity contribution in [1.82, 2.24) is 4.90 Å². The number of carbonyl (C=O) groups excluding carboxylic acids is 1. The Kier molecular flexibility index (Phi) is 3.13. The lowest BCUT2D eigenvalue weighted by atomic mass is 10.0. The third-order valence-electron chi connectivity index (χ3n) is 3.21. The van der Waals surface area contributed by atoms with E-state index in [1.165, 1.54) is 11.3 Å². The molecule has 1 N–H and O–H groups in total. The number of fused-ring (bicyclic) bond motifs is 1. The van der Waals surface area contributed by atoms with Gasteiger partial charge in [-0.1, -0.05) is 18.2 Å². The van der Waals surface area contributed by atoms with Crippen molar-refractivity contribution in [2.45, 2.75) is 19.8 Å². The molecule has 0 spiro atoms. The van der Waals surface area contributed by atoms with Gasteiger partial charge in [0.25, 0.3) is 0 Å². The van der Waals surface area contributed by atoms with E-state index in [4.69, 9.17) is 0 Å². The van der Waals surface area contributed by atoms with Crippen molar-refractivity contribution in [3.8, 4) is 0 Å². The topological polar surface area (TPSA) is 32.3 Å². The normalized spacial score (nSPS) is 17.8. The third-order valence-corrected chi connectivity index (χ3v) is 3.21. The van der Waals surface area contributed by atoms with Gasteiger partial charge in [0.15, 0.2) is 0 Å². The van der Waals surface area contributed by atoms with E-state index in [1.807, 2.05) is 17.9 Å². The summed E-state index contributed by atoms with van der Waals surface area (Å²) in [7, 11) is 0. The first-order chi connectivity index (χ1) is 7.72. The van der Waals surface area contributed by atoms with Crippen LogP contribution in [0.25, 0.3) is 0 Å². The van der Waals surface area contributed by atoms with E-state index in [1.54, 1.807) is 6.92 Å². The highest BCUT2D eigenvalue weighted by Crippen LogP contribution is 2.31. The quantitative estimate of drug-likeness (QED) is 0.842. The van der Waals surface area contributed by atoms with E-state index in [0.717, 1.165) is 19.6 Å². The zero-order valence-corrected chi connectivity index (χ0v) is 9.86. The molecule has 1 aliphatic rings. The molecule has 1 aromatic rings. The molecule has 0 aromatic heterocycles. The van der Waals surface area contributed by atoms with Crippen molar-refractivity contribution in [2.75, 3.05) is 25.0 Å². The van der Waals surface area contributed by atoms with Crippen LogP contribution in [0.3, 0.4) is 0 Å². The molecule has 3 nitrogen and oxygen atoms in total. The molecule has 0 saturated carbocycles. The molecule has 0 bridgehead atoms. The molecule has 1 aliphatic heterocycles. The molecular weight excluding hydrogens is 200 g/mol. The van der Waals surface area contributed by atoms with Crippen molar-refractivity contribution < 1.29 is 4.79 Å². The number of hydrogen-bond donors (Lipinski definition) is 1. The van der Waals surface area contributed by atoms with Crippen molar-refractivity contribution in [1.29, 1.82) is 0 Å². The number of anilines is 1. The maximum atomic E-state index is 11.4. The van der Waals surface area contributed by atoms with Gasteiger partial charge in [-0.05, 0) is 18.6 Å². The van der Waals surface area contributed by atoms with Crippen LogP contribution < -0.4 is 5.32 Å². The fourth-order valence-corrected chi connectivity index (χ4v) is 2.27. The second-order valence-corrected chi connectivity index (χ2v) is 4.22. The van der Waals surface area contributed by atoms with Crippen molar-refractivity contribution in [2.24, 2.45) is 0 Å². The minimum Gasteiger partial charge on any atom is -0.384 e. The largest absolute Gasteiger partial charge is 0.384 e. The Hall–Kier alpha value is -1.51. The Bertz CT molecular complexity index is 389. The molecule has 1 atom stereocenters. The highest BCUT2D eigenvalue weighted by molar-refractivity contribution is 5.73. The van der Waals surface area contributed by atoms with E-state index in [-0.39, 0.29) is 5.91 Å². The van der Waals surface area contributed by atoms with Gasteiger partial charge in [-0.15, -0.1) is 0 Å². The third kappa shape index (κ3) is 2.03. The Morgan fingerprint density at radius 2 is 2.25 bits per heavy atom. The van der Waals surface area contributed by atoms with Crippen molar-refractivity contribution >= 4 is 11.6 Å². The molecule has 1 heterocycles. The second-order valence-electron chi connectivity index (χ2n) is 4.22. The van der Waals surface area contributed by atoms with Gasteiger partial charge in [-0.2, -0.15) is 0 Å². The molecule has 0 radical (unpaired) electrons. The van der Waals surface area contributed by atoms with Gasteiger partial charge >= 0.3 is 0 Å². The van der Waals surface area contributed by atoms with Gasteiger partial charge in [0.1, 0.15) is 0 Å². The van der Waals surface area contributed by atoms with Gasteiger partial charge in [0.05, 0.1) is 0 Å². The van der Waals surface area contributed by atoms with Crippen LogP contribution in [0, 0.1) is 0 Å². The van der Waals surface area contributed by atoms with E-state index in [9.17, 15) is 4.79 Å². The first-order valence-corrected chi connectivity index (χ1v) is 5.80. The van der Waals surface area contributed by atoms with Crippen LogP contribution in [-0.4, -0.2) is 30.4 Å². The Labute approximate surface area is 96.5 Å². The number of likely N-dealkylation sites (N-methyl/N-ethyl adjacent to an activating group) is 1. The second kappa shape index (κ2) is 4.56. The fraction of sp³-hybridized carbons (Fsp3) is 0.462. The van der Waals surface area contributed by atoms with Crippen LogP contribution >= 0.6 is 0 Å². The zero-order chi connectivity index (χ0) is 11.5. The van der Waals surface area contributed by atoms with Crippen LogP contribution in [0.5, 0.6) is 0 Å². The molecule has 2 rings (SSSR count). The first kappa shape index (κ1) is 11.0. The number of hydrogen-bond acceptors (Lipinski definition) is 2. The number of carbonyl (C=O) groups is 1. The highest BCUT2D eigenvalue weighted by atomic mass is 16.2. The number of benzene rings is 1. The lowest BCUT2D eigenvalue weighted by molar-refractivity contribution is -0.128. The average Bonchev–Trinajstić information content (AvgIpc) is 2.69. The summed E-state index contributed by atoms with van der Waals surface area (Å²) >= 11 is 0. The number of amides is 1. The van der Waals surface area contributed by atoms with Crippen LogP contribution in [0.4, 0.5) is 5.69 Å². The summed E-state index contributed by atoms with van der Waals surface area (Å²) in [6, 6.07) is 8.34. The van der Waals surface area contributed by atoms with Gasteiger partial charge in [-0.25, -0.2) is 0 Å². The summed E-state index contributed by atoms with van der Waals surface area (Å²) in [5.41, 5.74) is 2.55. The standard InChI is InChI=1S/C13H18N2O/c1-3-15(10(2)16)9-11-8-14-13-7-5-4-6-12(11)13/h4-7,11,14H,3,8-9H2,1-2H3. The molecule has 0 fully saturated rings. The first-order valence-electron chi connectivity index (χ1n) is 5.80. The van der Waals surface area contributed by atoms with E-state index < -0.39 is 0 Å². The van der Waals surface area contributed by atoms with Gasteiger partial charge in [0.2, 0.25) is 5.91 Å². The maximum absolute atomic E-state index is 11.4. The molecule has 1 aromatic carbocycles. The van der Waals surface area contributed by atoms with Crippen LogP contribution in [0.1, 0.15) is 25.3 Å². The number of nitrogens with zero attached hydrogens (tertiary/aromatic N) is 1. The van der Waals surface area contributed by atoms with Gasteiger partial charge < -0.3 is 10.2 Å². The van der Waals surface area contributed by atoms with Crippen molar-refractivity contribution in [3.05, 3.63) is 29.8 Å². The van der Waals surface area contributed by atoms with Crippen LogP contribution in [0.2, 0.25) is 0 Å². The summed E-state index contributed by atoms with van der Waals surface area (Å²) in [6.07, 6.45) is 0. The molecule has 1 unspecified atom stereocenters. The van der Waals surface area contributed by atoms with E-state index >= 15 is 0 Å². The van der Waals surface area contributed by atoms with Crippen LogP contribution in [-0.2, 0) is 4.79 Å². The molecule has 0 aliphatic carbocycles. The molecule has 86 valence electrons. The Morgan fingerprint density at radius 1 is 1.50 bits per heavy atom. The molecule has 16 heavy (non-hydrogen) atoms. The van der Waals surface area contributed by atoms with E-state index in [0.29, 0.717) is 5.92 Å². The molecule has 1 amide bonds. The monoisotopic (exact) mass is 218 g/mol. The number of nitrogens with one attached hydrogen (secondary N) is 1. The zero-order valence-electron chi connectivity index (χ0n) is 9.86. The van der Waals surface area contributed by atoms with Crippen LogP contribution in [0.15, 0.2) is 24.3 Å². The van der Waals surface area contributed by atoms with E-state index in [2.05, 4.69) is 23.5 Å². The minimum absolute atomic E-state index is 0.159.